The number of benzene rings is 1. The fraction of sp³-hybridized carbons (Fsp3) is 0.400. The first-order valence-corrected chi connectivity index (χ1v) is 7.08. The summed E-state index contributed by atoms with van der Waals surface area (Å²) >= 11 is 0. The molecule has 0 saturated carbocycles. The zero-order valence-electron chi connectivity index (χ0n) is 8.86. The number of fused-ring (bicyclic) bond motifs is 1. The lowest BCUT2D eigenvalue weighted by molar-refractivity contribution is 0.174. The highest BCUT2D eigenvalue weighted by Crippen LogP contribution is 2.39. The summed E-state index contributed by atoms with van der Waals surface area (Å²) in [4.78, 5) is 0.0911. The lowest BCUT2D eigenvalue weighted by atomic mass is 10.0. The molecule has 16 heavy (non-hydrogen) atoms. The Balaban J connectivity index is 2.67. The van der Waals surface area contributed by atoms with Gasteiger partial charge in [0.05, 0.1) is 4.90 Å². The molecule has 0 N–H and O–H groups in total. The van der Waals surface area contributed by atoms with Gasteiger partial charge in [-0.3, -0.25) is 0 Å². The van der Waals surface area contributed by atoms with E-state index in [1.807, 2.05) is 13.8 Å². The van der Waals surface area contributed by atoms with E-state index in [0.717, 1.165) is 0 Å². The van der Waals surface area contributed by atoms with E-state index in [1.54, 1.807) is 6.07 Å². The summed E-state index contributed by atoms with van der Waals surface area (Å²) in [6, 6.07) is 3.09. The van der Waals surface area contributed by atoms with Crippen LogP contribution >= 0.6 is 10.7 Å². The monoisotopic (exact) mass is 262 g/mol. The Hall–Kier alpha value is -0.940. The van der Waals surface area contributed by atoms with E-state index in [-0.39, 0.29) is 17.6 Å². The van der Waals surface area contributed by atoms with Gasteiger partial charge < -0.3 is 9.47 Å². The van der Waals surface area contributed by atoms with Gasteiger partial charge in [0.2, 0.25) is 6.79 Å². The van der Waals surface area contributed by atoms with Crippen LogP contribution in [-0.4, -0.2) is 15.2 Å². The van der Waals surface area contributed by atoms with Crippen LogP contribution in [0.2, 0.25) is 0 Å². The minimum absolute atomic E-state index is 0.0398. The van der Waals surface area contributed by atoms with Crippen molar-refractivity contribution in [3.8, 4) is 11.5 Å². The van der Waals surface area contributed by atoms with Crippen molar-refractivity contribution in [2.75, 3.05) is 6.79 Å². The molecule has 0 spiro atoms. The van der Waals surface area contributed by atoms with Crippen molar-refractivity contribution >= 4 is 19.7 Å². The van der Waals surface area contributed by atoms with Crippen LogP contribution in [0.15, 0.2) is 17.0 Å². The predicted molar refractivity (Wildman–Crippen MR) is 59.7 cm³/mol. The van der Waals surface area contributed by atoms with Crippen molar-refractivity contribution in [2.45, 2.75) is 24.7 Å². The van der Waals surface area contributed by atoms with Crippen LogP contribution in [0.3, 0.4) is 0 Å². The molecule has 6 heteroatoms. The third kappa shape index (κ3) is 1.97. The first-order chi connectivity index (χ1) is 7.39. The van der Waals surface area contributed by atoms with Crippen LogP contribution in [0, 0.1) is 0 Å². The largest absolute Gasteiger partial charge is 0.454 e. The van der Waals surface area contributed by atoms with Gasteiger partial charge in [0.25, 0.3) is 9.05 Å². The Labute approximate surface area is 98.5 Å². The van der Waals surface area contributed by atoms with E-state index in [2.05, 4.69) is 0 Å². The van der Waals surface area contributed by atoms with Gasteiger partial charge in [0.15, 0.2) is 11.5 Å². The van der Waals surface area contributed by atoms with Gasteiger partial charge in [-0.15, -0.1) is 0 Å². The molecule has 1 aromatic rings. The fourth-order valence-corrected chi connectivity index (χ4v) is 2.83. The molecule has 88 valence electrons. The average molecular weight is 263 g/mol. The number of hydrogen-bond donors (Lipinski definition) is 0. The number of hydrogen-bond acceptors (Lipinski definition) is 4. The van der Waals surface area contributed by atoms with Crippen LogP contribution in [-0.2, 0) is 9.05 Å². The first-order valence-electron chi connectivity index (χ1n) is 4.78. The summed E-state index contributed by atoms with van der Waals surface area (Å²) in [5.74, 6) is 1.02. The predicted octanol–water partition coefficient (Wildman–Crippen LogP) is 2.47. The molecule has 1 aromatic carbocycles. The zero-order valence-corrected chi connectivity index (χ0v) is 10.4. The molecule has 0 fully saturated rings. The molecule has 0 bridgehead atoms. The Morgan fingerprint density at radius 3 is 2.31 bits per heavy atom. The molecule has 0 radical (unpaired) electrons. The highest BCUT2D eigenvalue weighted by molar-refractivity contribution is 8.13. The smallest absolute Gasteiger partial charge is 0.261 e. The van der Waals surface area contributed by atoms with Gasteiger partial charge in [0.1, 0.15) is 0 Å². The van der Waals surface area contributed by atoms with Crippen LogP contribution in [0.4, 0.5) is 0 Å². The lowest BCUT2D eigenvalue weighted by Gasteiger charge is -2.11. The Bertz CT molecular complexity index is 522. The lowest BCUT2D eigenvalue weighted by Crippen LogP contribution is -2.00. The van der Waals surface area contributed by atoms with E-state index in [4.69, 9.17) is 20.2 Å². The van der Waals surface area contributed by atoms with Crippen molar-refractivity contribution in [3.63, 3.8) is 0 Å². The topological polar surface area (TPSA) is 52.6 Å². The van der Waals surface area contributed by atoms with E-state index in [0.29, 0.717) is 17.1 Å². The van der Waals surface area contributed by atoms with Crippen molar-refractivity contribution < 1.29 is 17.9 Å². The molecule has 2 rings (SSSR count). The Kier molecular flexibility index (Phi) is 2.75. The van der Waals surface area contributed by atoms with Crippen LogP contribution in [0.25, 0.3) is 0 Å². The summed E-state index contributed by atoms with van der Waals surface area (Å²) in [6.07, 6.45) is 0. The second-order valence-electron chi connectivity index (χ2n) is 3.84. The Morgan fingerprint density at radius 2 is 1.81 bits per heavy atom. The van der Waals surface area contributed by atoms with Gasteiger partial charge in [-0.05, 0) is 17.5 Å². The molecule has 0 aliphatic carbocycles. The molecular weight excluding hydrogens is 252 g/mol. The van der Waals surface area contributed by atoms with E-state index in [1.165, 1.54) is 6.07 Å². The molecule has 1 heterocycles. The maximum Gasteiger partial charge on any atom is 0.261 e. The van der Waals surface area contributed by atoms with Crippen molar-refractivity contribution in [3.05, 3.63) is 17.7 Å². The van der Waals surface area contributed by atoms with Crippen LogP contribution in [0.1, 0.15) is 25.3 Å². The van der Waals surface area contributed by atoms with Crippen molar-refractivity contribution in [2.24, 2.45) is 0 Å². The second kappa shape index (κ2) is 3.82. The second-order valence-corrected chi connectivity index (χ2v) is 6.37. The third-order valence-electron chi connectivity index (χ3n) is 2.39. The summed E-state index contributed by atoms with van der Waals surface area (Å²) < 4.78 is 33.2. The number of halogens is 1. The summed E-state index contributed by atoms with van der Waals surface area (Å²) in [5.41, 5.74) is 0.638. The average Bonchev–Trinajstić information content (AvgIpc) is 2.60. The van der Waals surface area contributed by atoms with Crippen molar-refractivity contribution in [1.29, 1.82) is 0 Å². The first kappa shape index (κ1) is 11.5. The van der Waals surface area contributed by atoms with Gasteiger partial charge >= 0.3 is 0 Å². The van der Waals surface area contributed by atoms with E-state index in [9.17, 15) is 8.42 Å². The van der Waals surface area contributed by atoms with Crippen LogP contribution in [0.5, 0.6) is 11.5 Å². The molecule has 0 amide bonds. The van der Waals surface area contributed by atoms with Crippen LogP contribution < -0.4 is 9.47 Å². The zero-order chi connectivity index (χ0) is 11.9. The molecule has 1 aliphatic rings. The maximum absolute atomic E-state index is 11.4. The highest BCUT2D eigenvalue weighted by atomic mass is 35.7. The molecule has 4 nitrogen and oxygen atoms in total. The highest BCUT2D eigenvalue weighted by Gasteiger charge is 2.24. The summed E-state index contributed by atoms with van der Waals surface area (Å²) in [7, 11) is 1.62. The van der Waals surface area contributed by atoms with Gasteiger partial charge in [0, 0.05) is 16.7 Å². The van der Waals surface area contributed by atoms with Crippen molar-refractivity contribution in [1.82, 2.24) is 0 Å². The quantitative estimate of drug-likeness (QED) is 0.769. The fourth-order valence-electron chi connectivity index (χ4n) is 1.60. The van der Waals surface area contributed by atoms with Gasteiger partial charge in [-0.2, -0.15) is 0 Å². The third-order valence-corrected chi connectivity index (χ3v) is 3.77. The minimum atomic E-state index is -3.76. The standard InChI is InChI=1S/C10H11ClO4S/c1-6(2)7-3-8-9(15-5-14-8)4-10(7)16(11,12)13/h3-4,6H,5H2,1-2H3. The molecule has 0 atom stereocenters. The van der Waals surface area contributed by atoms with E-state index >= 15 is 0 Å². The summed E-state index contributed by atoms with van der Waals surface area (Å²) in [6.45, 7) is 3.89. The minimum Gasteiger partial charge on any atom is -0.454 e. The molecule has 0 unspecified atom stereocenters. The number of rotatable bonds is 2. The molecule has 0 saturated heterocycles. The number of ether oxygens (including phenoxy) is 2. The van der Waals surface area contributed by atoms with E-state index < -0.39 is 9.05 Å². The maximum atomic E-state index is 11.4. The summed E-state index contributed by atoms with van der Waals surface area (Å²) in [5, 5.41) is 0. The SMILES string of the molecule is CC(C)c1cc2c(cc1S(=O)(=O)Cl)OCO2. The molecule has 1 aliphatic heterocycles. The van der Waals surface area contributed by atoms with Gasteiger partial charge in [-0.1, -0.05) is 13.8 Å². The normalized spacial score (nSPS) is 14.5. The Morgan fingerprint density at radius 1 is 1.25 bits per heavy atom. The van der Waals surface area contributed by atoms with Gasteiger partial charge in [-0.25, -0.2) is 8.42 Å². The molecule has 0 aromatic heterocycles. The molecular formula is C10H11ClO4S.